The van der Waals surface area contributed by atoms with Crippen LogP contribution in [0.4, 0.5) is 0 Å². The Labute approximate surface area is 163 Å². The molecule has 1 aliphatic rings. The van der Waals surface area contributed by atoms with Crippen LogP contribution in [0.2, 0.25) is 0 Å². The van der Waals surface area contributed by atoms with Crippen LogP contribution in [0.1, 0.15) is 37.6 Å². The van der Waals surface area contributed by atoms with Gasteiger partial charge in [-0.15, -0.1) is 28.1 Å². The van der Waals surface area contributed by atoms with Crippen molar-refractivity contribution in [2.45, 2.75) is 51.7 Å². The molecule has 0 fully saturated rings. The van der Waals surface area contributed by atoms with E-state index in [1.54, 1.807) is 0 Å². The first-order valence-electron chi connectivity index (χ1n) is 8.86. The quantitative estimate of drug-likeness (QED) is 0.599. The van der Waals surface area contributed by atoms with Crippen LogP contribution in [0.25, 0.3) is 10.7 Å². The van der Waals surface area contributed by atoms with Gasteiger partial charge < -0.3 is 5.73 Å². The van der Waals surface area contributed by atoms with Crippen molar-refractivity contribution >= 4 is 29.0 Å². The molecule has 0 unspecified atom stereocenters. The average Bonchev–Trinajstić information content (AvgIpc) is 3.15. The number of thioether (sulfide) groups is 1. The molecule has 0 aliphatic heterocycles. The van der Waals surface area contributed by atoms with Crippen LogP contribution >= 0.6 is 23.1 Å². The molecule has 0 saturated carbocycles. The SMILES string of the molecule is C=CCn1c(SCC(N)=O)nnc1-c1cc2c(s1)CC[C@H](C(C)(C)C)C2. The van der Waals surface area contributed by atoms with Gasteiger partial charge in [0.05, 0.1) is 10.6 Å². The molecule has 1 aliphatic carbocycles. The highest BCUT2D eigenvalue weighted by Crippen LogP contribution is 2.42. The predicted octanol–water partition coefficient (Wildman–Crippen LogP) is 3.92. The summed E-state index contributed by atoms with van der Waals surface area (Å²) in [5, 5.41) is 9.37. The Morgan fingerprint density at radius 1 is 1.50 bits per heavy atom. The fraction of sp³-hybridized carbons (Fsp3) is 0.526. The number of hydrogen-bond acceptors (Lipinski definition) is 5. The van der Waals surface area contributed by atoms with Crippen LogP contribution < -0.4 is 5.73 Å². The van der Waals surface area contributed by atoms with Crippen LogP contribution in [0.5, 0.6) is 0 Å². The van der Waals surface area contributed by atoms with Crippen molar-refractivity contribution in [3.05, 3.63) is 29.2 Å². The van der Waals surface area contributed by atoms with Crippen LogP contribution in [-0.2, 0) is 24.2 Å². The van der Waals surface area contributed by atoms with E-state index in [4.69, 9.17) is 5.73 Å². The van der Waals surface area contributed by atoms with Crippen molar-refractivity contribution in [3.63, 3.8) is 0 Å². The predicted molar refractivity (Wildman–Crippen MR) is 108 cm³/mol. The van der Waals surface area contributed by atoms with E-state index in [0.29, 0.717) is 23.0 Å². The summed E-state index contributed by atoms with van der Waals surface area (Å²) in [6, 6.07) is 2.28. The van der Waals surface area contributed by atoms with E-state index in [1.807, 2.05) is 22.0 Å². The van der Waals surface area contributed by atoms with Crippen molar-refractivity contribution in [1.82, 2.24) is 14.8 Å². The highest BCUT2D eigenvalue weighted by Gasteiger charge is 2.30. The van der Waals surface area contributed by atoms with E-state index in [-0.39, 0.29) is 11.7 Å². The molecule has 0 saturated heterocycles. The highest BCUT2D eigenvalue weighted by molar-refractivity contribution is 7.99. The standard InChI is InChI=1S/C19H26N4OS2/c1-5-8-23-17(21-22-18(23)25-11-16(20)24)15-10-12-9-13(19(2,3)4)6-7-14(12)26-15/h5,10,13H,1,6-9,11H2,2-4H3,(H2,20,24)/t13-/m0/s1. The molecule has 1 amide bonds. The lowest BCUT2D eigenvalue weighted by Gasteiger charge is -2.33. The third kappa shape index (κ3) is 4.04. The molecule has 140 valence electrons. The first-order chi connectivity index (χ1) is 12.3. The highest BCUT2D eigenvalue weighted by atomic mass is 32.2. The van der Waals surface area contributed by atoms with E-state index in [0.717, 1.165) is 23.5 Å². The summed E-state index contributed by atoms with van der Waals surface area (Å²) in [6.07, 6.45) is 5.34. The number of primary amides is 1. The Hall–Kier alpha value is -1.60. The third-order valence-electron chi connectivity index (χ3n) is 4.90. The molecule has 2 heterocycles. The van der Waals surface area contributed by atoms with Gasteiger partial charge in [0.2, 0.25) is 5.91 Å². The smallest absolute Gasteiger partial charge is 0.227 e. The molecule has 0 radical (unpaired) electrons. The molecule has 0 spiro atoms. The summed E-state index contributed by atoms with van der Waals surface area (Å²) in [4.78, 5) is 13.7. The second kappa shape index (κ2) is 7.56. The number of aromatic nitrogens is 3. The molecule has 5 nitrogen and oxygen atoms in total. The molecule has 7 heteroatoms. The summed E-state index contributed by atoms with van der Waals surface area (Å²) in [6.45, 7) is 11.4. The molecule has 0 bridgehead atoms. The van der Waals surface area contributed by atoms with Gasteiger partial charge in [0, 0.05) is 11.4 Å². The topological polar surface area (TPSA) is 73.8 Å². The maximum atomic E-state index is 11.1. The van der Waals surface area contributed by atoms with E-state index in [2.05, 4.69) is 43.6 Å². The van der Waals surface area contributed by atoms with Crippen LogP contribution in [0.3, 0.4) is 0 Å². The maximum absolute atomic E-state index is 11.1. The maximum Gasteiger partial charge on any atom is 0.227 e. The lowest BCUT2D eigenvalue weighted by atomic mass is 9.72. The minimum atomic E-state index is -0.357. The number of carbonyl (C=O) groups is 1. The molecule has 0 aromatic carbocycles. The van der Waals surface area contributed by atoms with Gasteiger partial charge in [0.25, 0.3) is 0 Å². The number of allylic oxidation sites excluding steroid dienone is 1. The lowest BCUT2D eigenvalue weighted by Crippen LogP contribution is -2.26. The summed E-state index contributed by atoms with van der Waals surface area (Å²) in [7, 11) is 0. The number of fused-ring (bicyclic) bond motifs is 1. The summed E-state index contributed by atoms with van der Waals surface area (Å²) in [5.41, 5.74) is 7.05. The Balaban J connectivity index is 1.89. The van der Waals surface area contributed by atoms with E-state index in [9.17, 15) is 4.79 Å². The molecular formula is C19H26N4OS2. The minimum absolute atomic E-state index is 0.198. The Kier molecular flexibility index (Phi) is 5.58. The van der Waals surface area contributed by atoms with Crippen LogP contribution in [0, 0.1) is 11.3 Å². The molecule has 26 heavy (non-hydrogen) atoms. The first-order valence-corrected chi connectivity index (χ1v) is 10.7. The van der Waals surface area contributed by atoms with Crippen LogP contribution in [0.15, 0.2) is 23.9 Å². The zero-order valence-electron chi connectivity index (χ0n) is 15.6. The van der Waals surface area contributed by atoms with Gasteiger partial charge in [0.1, 0.15) is 0 Å². The van der Waals surface area contributed by atoms with Gasteiger partial charge in [-0.05, 0) is 42.2 Å². The Bertz CT molecular complexity index is 816. The Morgan fingerprint density at radius 3 is 2.92 bits per heavy atom. The monoisotopic (exact) mass is 390 g/mol. The summed E-state index contributed by atoms with van der Waals surface area (Å²) in [5.74, 6) is 1.40. The number of nitrogens with zero attached hydrogens (tertiary/aromatic N) is 3. The third-order valence-corrected chi connectivity index (χ3v) is 7.12. The molecule has 2 aromatic heterocycles. The number of amides is 1. The largest absolute Gasteiger partial charge is 0.369 e. The normalized spacial score (nSPS) is 17.1. The van der Waals surface area contributed by atoms with Crippen molar-refractivity contribution < 1.29 is 4.79 Å². The molecule has 2 N–H and O–H groups in total. The average molecular weight is 391 g/mol. The van der Waals surface area contributed by atoms with Crippen molar-refractivity contribution in [3.8, 4) is 10.7 Å². The fourth-order valence-corrected chi connectivity index (χ4v) is 5.27. The van der Waals surface area contributed by atoms with Gasteiger partial charge in [-0.25, -0.2) is 0 Å². The van der Waals surface area contributed by atoms with Crippen LogP contribution in [-0.4, -0.2) is 26.4 Å². The van der Waals surface area contributed by atoms with Crippen molar-refractivity contribution in [1.29, 1.82) is 0 Å². The first kappa shape index (κ1) is 19.2. The lowest BCUT2D eigenvalue weighted by molar-refractivity contribution is -0.115. The number of hydrogen-bond donors (Lipinski definition) is 1. The number of carbonyl (C=O) groups excluding carboxylic acids is 1. The zero-order chi connectivity index (χ0) is 18.9. The van der Waals surface area contributed by atoms with E-state index >= 15 is 0 Å². The van der Waals surface area contributed by atoms with Crippen molar-refractivity contribution in [2.24, 2.45) is 17.1 Å². The number of aryl methyl sites for hydroxylation is 1. The number of nitrogens with two attached hydrogens (primary N) is 1. The fourth-order valence-electron chi connectivity index (χ4n) is 3.38. The van der Waals surface area contributed by atoms with Gasteiger partial charge >= 0.3 is 0 Å². The summed E-state index contributed by atoms with van der Waals surface area (Å²) < 4.78 is 2.01. The summed E-state index contributed by atoms with van der Waals surface area (Å²) >= 11 is 3.14. The zero-order valence-corrected chi connectivity index (χ0v) is 17.3. The van der Waals surface area contributed by atoms with Gasteiger partial charge in [-0.1, -0.05) is 38.6 Å². The number of thiophene rings is 1. The minimum Gasteiger partial charge on any atom is -0.369 e. The van der Waals surface area contributed by atoms with E-state index in [1.165, 1.54) is 28.6 Å². The Morgan fingerprint density at radius 2 is 2.27 bits per heavy atom. The van der Waals surface area contributed by atoms with Gasteiger partial charge in [0.15, 0.2) is 11.0 Å². The number of rotatable bonds is 6. The second-order valence-corrected chi connectivity index (χ2v) is 9.90. The second-order valence-electron chi connectivity index (χ2n) is 7.83. The van der Waals surface area contributed by atoms with Gasteiger partial charge in [-0.3, -0.25) is 9.36 Å². The molecular weight excluding hydrogens is 364 g/mol. The molecule has 1 atom stereocenters. The van der Waals surface area contributed by atoms with Gasteiger partial charge in [-0.2, -0.15) is 0 Å². The molecule has 3 rings (SSSR count). The van der Waals surface area contributed by atoms with E-state index < -0.39 is 0 Å². The van der Waals surface area contributed by atoms with Crippen molar-refractivity contribution in [2.75, 3.05) is 5.75 Å². The molecule has 2 aromatic rings.